The molecule has 1 aliphatic heterocycles. The number of aryl methyl sites for hydroxylation is 1. The Morgan fingerprint density at radius 1 is 1.50 bits per heavy atom. The van der Waals surface area contributed by atoms with E-state index >= 15 is 0 Å². The fourth-order valence-electron chi connectivity index (χ4n) is 2.21. The van der Waals surface area contributed by atoms with Gasteiger partial charge in [0.1, 0.15) is 5.69 Å². The van der Waals surface area contributed by atoms with E-state index in [1.54, 1.807) is 7.05 Å². The van der Waals surface area contributed by atoms with Crippen molar-refractivity contribution >= 4 is 27.4 Å². The highest BCUT2D eigenvalue weighted by Crippen LogP contribution is 2.27. The van der Waals surface area contributed by atoms with Gasteiger partial charge >= 0.3 is 0 Å². The third-order valence-corrected chi connectivity index (χ3v) is 3.64. The highest BCUT2D eigenvalue weighted by Gasteiger charge is 2.30. The summed E-state index contributed by atoms with van der Waals surface area (Å²) in [7, 11) is 1.72. The SMILES string of the molecule is Cn1nnc(Br)c1C(=O)C1Cc2ccccc2N1. The Kier molecular flexibility index (Phi) is 2.66. The molecule has 0 bridgehead atoms. The molecule has 0 aliphatic carbocycles. The van der Waals surface area contributed by atoms with Crippen LogP contribution >= 0.6 is 15.9 Å². The van der Waals surface area contributed by atoms with Crippen LogP contribution in [-0.2, 0) is 13.5 Å². The van der Waals surface area contributed by atoms with Crippen LogP contribution in [0.5, 0.6) is 0 Å². The number of aromatic nitrogens is 3. The summed E-state index contributed by atoms with van der Waals surface area (Å²) < 4.78 is 1.99. The predicted octanol–water partition coefficient (Wildman–Crippen LogP) is 1.80. The zero-order chi connectivity index (χ0) is 12.7. The Balaban J connectivity index is 1.89. The molecule has 6 heteroatoms. The second kappa shape index (κ2) is 4.20. The lowest BCUT2D eigenvalue weighted by Gasteiger charge is -2.09. The van der Waals surface area contributed by atoms with E-state index in [-0.39, 0.29) is 11.8 Å². The van der Waals surface area contributed by atoms with Crippen LogP contribution in [0.1, 0.15) is 16.1 Å². The van der Waals surface area contributed by atoms with E-state index in [1.807, 2.05) is 24.3 Å². The van der Waals surface area contributed by atoms with Crippen LogP contribution in [0, 0.1) is 0 Å². The summed E-state index contributed by atoms with van der Waals surface area (Å²) in [5.41, 5.74) is 2.70. The summed E-state index contributed by atoms with van der Waals surface area (Å²) >= 11 is 3.26. The molecule has 2 heterocycles. The van der Waals surface area contributed by atoms with Crippen LogP contribution in [0.25, 0.3) is 0 Å². The number of carbonyl (C=O) groups excluding carboxylic acids is 1. The molecule has 0 fully saturated rings. The fraction of sp³-hybridized carbons (Fsp3) is 0.250. The van der Waals surface area contributed by atoms with Crippen molar-refractivity contribution in [3.8, 4) is 0 Å². The smallest absolute Gasteiger partial charge is 0.206 e. The fourth-order valence-corrected chi connectivity index (χ4v) is 2.74. The Morgan fingerprint density at radius 2 is 2.28 bits per heavy atom. The Morgan fingerprint density at radius 3 is 2.94 bits per heavy atom. The molecule has 0 saturated heterocycles. The van der Waals surface area contributed by atoms with Crippen molar-refractivity contribution in [2.75, 3.05) is 5.32 Å². The van der Waals surface area contributed by atoms with E-state index < -0.39 is 0 Å². The van der Waals surface area contributed by atoms with Gasteiger partial charge < -0.3 is 5.32 Å². The topological polar surface area (TPSA) is 59.8 Å². The Labute approximate surface area is 112 Å². The van der Waals surface area contributed by atoms with Gasteiger partial charge in [-0.15, -0.1) is 5.10 Å². The van der Waals surface area contributed by atoms with E-state index in [4.69, 9.17) is 0 Å². The molecule has 92 valence electrons. The highest BCUT2D eigenvalue weighted by molar-refractivity contribution is 9.10. The molecule has 0 spiro atoms. The van der Waals surface area contributed by atoms with Crippen LogP contribution in [0.3, 0.4) is 0 Å². The number of hydrogen-bond acceptors (Lipinski definition) is 4. The van der Waals surface area contributed by atoms with Crippen LogP contribution in [0.4, 0.5) is 5.69 Å². The third-order valence-electron chi connectivity index (χ3n) is 3.11. The maximum Gasteiger partial charge on any atom is 0.206 e. The molecule has 0 radical (unpaired) electrons. The van der Waals surface area contributed by atoms with Crippen LogP contribution in [0.15, 0.2) is 28.9 Å². The second-order valence-corrected chi connectivity index (χ2v) is 5.03. The largest absolute Gasteiger partial charge is 0.374 e. The number of halogens is 1. The number of ketones is 1. The van der Waals surface area contributed by atoms with Crippen molar-refractivity contribution in [1.29, 1.82) is 0 Å². The minimum absolute atomic E-state index is 0.00516. The summed E-state index contributed by atoms with van der Waals surface area (Å²) in [4.78, 5) is 12.4. The average Bonchev–Trinajstić information content (AvgIpc) is 2.92. The van der Waals surface area contributed by atoms with Gasteiger partial charge in [-0.25, -0.2) is 4.68 Å². The monoisotopic (exact) mass is 306 g/mol. The Bertz CT molecular complexity index is 578. The maximum atomic E-state index is 12.4. The first-order valence-electron chi connectivity index (χ1n) is 5.60. The van der Waals surface area contributed by atoms with Gasteiger partial charge in [0.15, 0.2) is 4.60 Å². The minimum atomic E-state index is -0.240. The van der Waals surface area contributed by atoms with Gasteiger partial charge in [0, 0.05) is 19.2 Å². The lowest BCUT2D eigenvalue weighted by atomic mass is 10.1. The summed E-state index contributed by atoms with van der Waals surface area (Å²) in [5.74, 6) is 0.00516. The molecule has 1 unspecified atom stereocenters. The van der Waals surface area contributed by atoms with Crippen molar-refractivity contribution < 1.29 is 4.79 Å². The first-order chi connectivity index (χ1) is 8.66. The van der Waals surface area contributed by atoms with Crippen LogP contribution < -0.4 is 5.32 Å². The number of benzene rings is 1. The number of nitrogens with one attached hydrogen (secondary N) is 1. The number of Topliss-reactive ketones (excluding diaryl/α,β-unsaturated/α-hetero) is 1. The molecule has 2 aromatic rings. The molecule has 5 nitrogen and oxygen atoms in total. The molecule has 0 amide bonds. The van der Waals surface area contributed by atoms with Crippen molar-refractivity contribution in [3.63, 3.8) is 0 Å². The zero-order valence-electron chi connectivity index (χ0n) is 9.72. The molecule has 1 atom stereocenters. The van der Waals surface area contributed by atoms with E-state index in [9.17, 15) is 4.79 Å². The molecule has 1 aliphatic rings. The van der Waals surface area contributed by atoms with Crippen molar-refractivity contribution in [1.82, 2.24) is 15.0 Å². The summed E-state index contributed by atoms with van der Waals surface area (Å²) in [5, 5.41) is 10.9. The summed E-state index contributed by atoms with van der Waals surface area (Å²) in [6.07, 6.45) is 0.701. The lowest BCUT2D eigenvalue weighted by molar-refractivity contribution is 0.0961. The van der Waals surface area contributed by atoms with Gasteiger partial charge in [-0.1, -0.05) is 23.4 Å². The number of carbonyl (C=O) groups is 1. The second-order valence-electron chi connectivity index (χ2n) is 4.27. The number of nitrogens with zero attached hydrogens (tertiary/aromatic N) is 3. The summed E-state index contributed by atoms with van der Waals surface area (Å²) in [6.45, 7) is 0. The molecular weight excluding hydrogens is 296 g/mol. The average molecular weight is 307 g/mol. The van der Waals surface area contributed by atoms with Crippen molar-refractivity contribution in [2.24, 2.45) is 7.05 Å². The molecular formula is C12H11BrN4O. The van der Waals surface area contributed by atoms with Crippen LogP contribution in [0.2, 0.25) is 0 Å². The first-order valence-corrected chi connectivity index (χ1v) is 6.40. The van der Waals surface area contributed by atoms with E-state index in [0.29, 0.717) is 16.7 Å². The standard InChI is InChI=1S/C12H11BrN4O/c1-17-10(12(13)15-16-17)11(18)9-6-7-4-2-3-5-8(7)14-9/h2-5,9,14H,6H2,1H3. The summed E-state index contributed by atoms with van der Waals surface area (Å²) in [6, 6.07) is 7.72. The van der Waals surface area contributed by atoms with E-state index in [0.717, 1.165) is 5.69 Å². The van der Waals surface area contributed by atoms with Gasteiger partial charge in [-0.2, -0.15) is 0 Å². The van der Waals surface area contributed by atoms with Crippen molar-refractivity contribution in [2.45, 2.75) is 12.5 Å². The zero-order valence-corrected chi connectivity index (χ0v) is 11.3. The highest BCUT2D eigenvalue weighted by atomic mass is 79.9. The number of hydrogen-bond donors (Lipinski definition) is 1. The lowest BCUT2D eigenvalue weighted by Crippen LogP contribution is -2.29. The maximum absolute atomic E-state index is 12.4. The quantitative estimate of drug-likeness (QED) is 0.860. The third kappa shape index (κ3) is 1.73. The molecule has 3 rings (SSSR count). The minimum Gasteiger partial charge on any atom is -0.374 e. The Hall–Kier alpha value is -1.69. The predicted molar refractivity (Wildman–Crippen MR) is 70.6 cm³/mol. The number of fused-ring (bicyclic) bond motifs is 1. The normalized spacial score (nSPS) is 17.3. The molecule has 0 saturated carbocycles. The number of rotatable bonds is 2. The van der Waals surface area contributed by atoms with Gasteiger partial charge in [-0.05, 0) is 27.6 Å². The first kappa shape index (κ1) is 11.4. The van der Waals surface area contributed by atoms with E-state index in [1.165, 1.54) is 10.2 Å². The van der Waals surface area contributed by atoms with Gasteiger partial charge in [0.25, 0.3) is 0 Å². The van der Waals surface area contributed by atoms with Crippen LogP contribution in [-0.4, -0.2) is 26.8 Å². The molecule has 1 aromatic heterocycles. The molecule has 1 N–H and O–H groups in total. The van der Waals surface area contributed by atoms with Gasteiger partial charge in [-0.3, -0.25) is 4.79 Å². The van der Waals surface area contributed by atoms with Gasteiger partial charge in [0.05, 0.1) is 6.04 Å². The number of anilines is 1. The van der Waals surface area contributed by atoms with E-state index in [2.05, 4.69) is 31.6 Å². The van der Waals surface area contributed by atoms with Gasteiger partial charge in [0.2, 0.25) is 5.78 Å². The van der Waals surface area contributed by atoms with Crippen molar-refractivity contribution in [3.05, 3.63) is 40.1 Å². The molecule has 1 aromatic carbocycles. The number of para-hydroxylation sites is 1. The molecule has 18 heavy (non-hydrogen) atoms.